The average Bonchev–Trinajstić information content (AvgIpc) is 2.51. The highest BCUT2D eigenvalue weighted by atomic mass is 15.2. The second-order valence-electron chi connectivity index (χ2n) is 3.70. The van der Waals surface area contributed by atoms with Crippen molar-refractivity contribution in [2.75, 3.05) is 11.4 Å². The number of aryl methyl sites for hydroxylation is 1. The van der Waals surface area contributed by atoms with Gasteiger partial charge < -0.3 is 4.90 Å². The molecule has 0 spiro atoms. The molecule has 0 aliphatic carbocycles. The summed E-state index contributed by atoms with van der Waals surface area (Å²) in [6.45, 7) is 5.35. The first kappa shape index (κ1) is 8.48. The van der Waals surface area contributed by atoms with Gasteiger partial charge in [0.2, 0.25) is 0 Å². The van der Waals surface area contributed by atoms with Crippen LogP contribution in [-0.2, 0) is 0 Å². The Hall–Kier alpha value is -1.12. The van der Waals surface area contributed by atoms with E-state index in [4.69, 9.17) is 0 Å². The van der Waals surface area contributed by atoms with E-state index in [1.165, 1.54) is 12.8 Å². The molecule has 3 nitrogen and oxygen atoms in total. The molecule has 1 aromatic heterocycles. The maximum atomic E-state index is 4.47. The van der Waals surface area contributed by atoms with Crippen LogP contribution in [0, 0.1) is 6.92 Å². The molecule has 0 radical (unpaired) electrons. The van der Waals surface area contributed by atoms with Gasteiger partial charge in [0.25, 0.3) is 0 Å². The molecule has 70 valence electrons. The molecule has 3 heteroatoms. The van der Waals surface area contributed by atoms with E-state index in [0.29, 0.717) is 6.04 Å². The number of aromatic nitrogens is 2. The number of hydrogen-bond donors (Lipinski definition) is 0. The number of hydrogen-bond acceptors (Lipinski definition) is 3. The standard InChI is InChI=1S/C10H15N3/c1-8-6-11-7-10(12-8)13-5-3-4-9(13)2/h6-7,9H,3-5H2,1-2H3. The monoisotopic (exact) mass is 177 g/mol. The fourth-order valence-corrected chi connectivity index (χ4v) is 1.86. The van der Waals surface area contributed by atoms with E-state index < -0.39 is 0 Å². The van der Waals surface area contributed by atoms with E-state index in [1.807, 2.05) is 13.1 Å². The molecule has 1 aromatic rings. The summed E-state index contributed by atoms with van der Waals surface area (Å²) in [4.78, 5) is 11.0. The van der Waals surface area contributed by atoms with E-state index in [0.717, 1.165) is 18.1 Å². The lowest BCUT2D eigenvalue weighted by molar-refractivity contribution is 0.724. The summed E-state index contributed by atoms with van der Waals surface area (Å²) in [6, 6.07) is 0.621. The SMILES string of the molecule is Cc1cncc(N2CCCC2C)n1. The summed E-state index contributed by atoms with van der Waals surface area (Å²) in [6.07, 6.45) is 6.20. The molecule has 13 heavy (non-hydrogen) atoms. The van der Waals surface area contributed by atoms with Crippen molar-refractivity contribution >= 4 is 5.82 Å². The normalized spacial score (nSPS) is 22.3. The summed E-state index contributed by atoms with van der Waals surface area (Å²) in [5.74, 6) is 1.03. The third kappa shape index (κ3) is 1.64. The van der Waals surface area contributed by atoms with Crippen molar-refractivity contribution in [1.82, 2.24) is 9.97 Å². The van der Waals surface area contributed by atoms with Crippen molar-refractivity contribution in [3.63, 3.8) is 0 Å². The summed E-state index contributed by atoms with van der Waals surface area (Å²) in [5, 5.41) is 0. The van der Waals surface area contributed by atoms with Crippen molar-refractivity contribution in [1.29, 1.82) is 0 Å². The first-order chi connectivity index (χ1) is 6.27. The van der Waals surface area contributed by atoms with Crippen LogP contribution in [0.2, 0.25) is 0 Å². The minimum Gasteiger partial charge on any atom is -0.353 e. The van der Waals surface area contributed by atoms with Gasteiger partial charge >= 0.3 is 0 Å². The summed E-state index contributed by atoms with van der Waals surface area (Å²) in [7, 11) is 0. The number of anilines is 1. The predicted molar refractivity (Wildman–Crippen MR) is 52.8 cm³/mol. The Morgan fingerprint density at radius 3 is 2.92 bits per heavy atom. The highest BCUT2D eigenvalue weighted by molar-refractivity contribution is 5.38. The largest absolute Gasteiger partial charge is 0.353 e. The van der Waals surface area contributed by atoms with Crippen LogP contribution in [0.4, 0.5) is 5.82 Å². The fraction of sp³-hybridized carbons (Fsp3) is 0.600. The molecule has 1 saturated heterocycles. The van der Waals surface area contributed by atoms with E-state index in [9.17, 15) is 0 Å². The Kier molecular flexibility index (Phi) is 2.17. The molecule has 2 heterocycles. The van der Waals surface area contributed by atoms with Crippen molar-refractivity contribution < 1.29 is 0 Å². The minimum absolute atomic E-state index is 0.621. The average molecular weight is 177 g/mol. The molecule has 1 fully saturated rings. The molecular formula is C10H15N3. The fourth-order valence-electron chi connectivity index (χ4n) is 1.86. The van der Waals surface area contributed by atoms with Gasteiger partial charge in [0.05, 0.1) is 11.9 Å². The summed E-state index contributed by atoms with van der Waals surface area (Å²) in [5.41, 5.74) is 0.997. The lowest BCUT2D eigenvalue weighted by Crippen LogP contribution is -2.27. The second-order valence-corrected chi connectivity index (χ2v) is 3.70. The van der Waals surface area contributed by atoms with E-state index in [2.05, 4.69) is 21.8 Å². The molecule has 0 amide bonds. The highest BCUT2D eigenvalue weighted by Gasteiger charge is 2.21. The molecule has 0 N–H and O–H groups in total. The first-order valence-electron chi connectivity index (χ1n) is 4.82. The first-order valence-corrected chi connectivity index (χ1v) is 4.82. The van der Waals surface area contributed by atoms with Gasteiger partial charge in [-0.15, -0.1) is 0 Å². The lowest BCUT2D eigenvalue weighted by atomic mass is 10.2. The molecular weight excluding hydrogens is 162 g/mol. The third-order valence-electron chi connectivity index (χ3n) is 2.59. The van der Waals surface area contributed by atoms with Crippen LogP contribution in [0.1, 0.15) is 25.5 Å². The van der Waals surface area contributed by atoms with Crippen LogP contribution in [0.25, 0.3) is 0 Å². The van der Waals surface area contributed by atoms with Crippen LogP contribution in [0.15, 0.2) is 12.4 Å². The van der Waals surface area contributed by atoms with Crippen molar-refractivity contribution in [2.24, 2.45) is 0 Å². The van der Waals surface area contributed by atoms with Crippen molar-refractivity contribution in [3.05, 3.63) is 18.1 Å². The molecule has 1 atom stereocenters. The lowest BCUT2D eigenvalue weighted by Gasteiger charge is -2.21. The van der Waals surface area contributed by atoms with Gasteiger partial charge in [-0.25, -0.2) is 4.98 Å². The van der Waals surface area contributed by atoms with Gasteiger partial charge in [0, 0.05) is 18.8 Å². The summed E-state index contributed by atoms with van der Waals surface area (Å²) >= 11 is 0. The second kappa shape index (κ2) is 3.32. The van der Waals surface area contributed by atoms with Crippen LogP contribution in [0.5, 0.6) is 0 Å². The third-order valence-corrected chi connectivity index (χ3v) is 2.59. The number of nitrogens with zero attached hydrogens (tertiary/aromatic N) is 3. The molecule has 0 aromatic carbocycles. The Morgan fingerprint density at radius 1 is 1.46 bits per heavy atom. The molecule has 1 unspecified atom stereocenters. The Bertz CT molecular complexity index is 298. The molecule has 1 aliphatic heterocycles. The van der Waals surface area contributed by atoms with Crippen LogP contribution >= 0.6 is 0 Å². The van der Waals surface area contributed by atoms with Crippen molar-refractivity contribution in [3.8, 4) is 0 Å². The maximum Gasteiger partial charge on any atom is 0.147 e. The maximum absolute atomic E-state index is 4.47. The quantitative estimate of drug-likeness (QED) is 0.654. The predicted octanol–water partition coefficient (Wildman–Crippen LogP) is 1.77. The van der Waals surface area contributed by atoms with Gasteiger partial charge in [-0.1, -0.05) is 0 Å². The number of rotatable bonds is 1. The smallest absolute Gasteiger partial charge is 0.147 e. The summed E-state index contributed by atoms with van der Waals surface area (Å²) < 4.78 is 0. The van der Waals surface area contributed by atoms with Gasteiger partial charge in [0.15, 0.2) is 0 Å². The molecule has 1 aliphatic rings. The van der Waals surface area contributed by atoms with Gasteiger partial charge in [-0.2, -0.15) is 0 Å². The zero-order valence-electron chi connectivity index (χ0n) is 8.20. The van der Waals surface area contributed by atoms with Crippen molar-refractivity contribution in [2.45, 2.75) is 32.7 Å². The van der Waals surface area contributed by atoms with Crippen LogP contribution in [0.3, 0.4) is 0 Å². The van der Waals surface area contributed by atoms with Gasteiger partial charge in [-0.05, 0) is 26.7 Å². The van der Waals surface area contributed by atoms with Gasteiger partial charge in [0.1, 0.15) is 5.82 Å². The van der Waals surface area contributed by atoms with Crippen LogP contribution < -0.4 is 4.90 Å². The zero-order chi connectivity index (χ0) is 9.26. The molecule has 0 bridgehead atoms. The van der Waals surface area contributed by atoms with Gasteiger partial charge in [-0.3, -0.25) is 4.98 Å². The van der Waals surface area contributed by atoms with E-state index >= 15 is 0 Å². The van der Waals surface area contributed by atoms with E-state index in [1.54, 1.807) is 6.20 Å². The Morgan fingerprint density at radius 2 is 2.31 bits per heavy atom. The highest BCUT2D eigenvalue weighted by Crippen LogP contribution is 2.22. The molecule has 0 saturated carbocycles. The van der Waals surface area contributed by atoms with Crippen LogP contribution in [-0.4, -0.2) is 22.6 Å². The zero-order valence-corrected chi connectivity index (χ0v) is 8.20. The molecule has 2 rings (SSSR count). The topological polar surface area (TPSA) is 29.0 Å². The Balaban J connectivity index is 2.24. The minimum atomic E-state index is 0.621. The Labute approximate surface area is 78.8 Å². The van der Waals surface area contributed by atoms with E-state index in [-0.39, 0.29) is 0 Å².